The maximum Gasteiger partial charge on any atom is 0.290 e. The van der Waals surface area contributed by atoms with Gasteiger partial charge in [0, 0.05) is 6.54 Å². The van der Waals surface area contributed by atoms with Crippen molar-refractivity contribution in [3.05, 3.63) is 117 Å². The molecule has 1 unspecified atom stereocenters. The number of hydrogen-bond donors (Lipinski definition) is 0. The molecule has 1 atom stereocenters. The van der Waals surface area contributed by atoms with Crippen LogP contribution in [-0.2, 0) is 11.8 Å². The summed E-state index contributed by atoms with van der Waals surface area (Å²) < 4.78 is 6.07. The van der Waals surface area contributed by atoms with E-state index in [1.807, 2.05) is 49.4 Å². The zero-order valence-corrected chi connectivity index (χ0v) is 20.1. The number of carbonyl (C=O) groups excluding carboxylic acids is 1. The van der Waals surface area contributed by atoms with E-state index >= 15 is 0 Å². The van der Waals surface area contributed by atoms with Gasteiger partial charge in [-0.1, -0.05) is 87.0 Å². The Morgan fingerprint density at radius 1 is 0.912 bits per heavy atom. The lowest BCUT2D eigenvalue weighted by Gasteiger charge is -2.26. The molecule has 172 valence electrons. The van der Waals surface area contributed by atoms with Crippen LogP contribution in [0.1, 0.15) is 65.2 Å². The molecule has 1 aliphatic heterocycles. The molecule has 2 heterocycles. The minimum atomic E-state index is -0.471. The number of aryl methyl sites for hydroxylation is 1. The molecule has 0 radical (unpaired) electrons. The molecule has 1 aromatic heterocycles. The van der Waals surface area contributed by atoms with E-state index in [1.165, 1.54) is 5.56 Å². The molecule has 0 fully saturated rings. The molecule has 3 aromatic carbocycles. The second-order valence-electron chi connectivity index (χ2n) is 10.2. The molecule has 4 heteroatoms. The van der Waals surface area contributed by atoms with E-state index in [2.05, 4.69) is 45.0 Å². The van der Waals surface area contributed by atoms with Crippen molar-refractivity contribution in [3.63, 3.8) is 0 Å². The van der Waals surface area contributed by atoms with Crippen molar-refractivity contribution in [2.45, 2.75) is 45.6 Å². The summed E-state index contributed by atoms with van der Waals surface area (Å²) in [5.41, 5.74) is 5.05. The first-order chi connectivity index (χ1) is 16.2. The van der Waals surface area contributed by atoms with Gasteiger partial charge in [-0.2, -0.15) is 0 Å². The minimum absolute atomic E-state index is 0.0156. The first-order valence-electron chi connectivity index (χ1n) is 11.8. The summed E-state index contributed by atoms with van der Waals surface area (Å²) >= 11 is 0. The minimum Gasteiger partial charge on any atom is -0.450 e. The number of carbonyl (C=O) groups is 1. The SMILES string of the molecule is Cc1ccc2oc3c(c(=O)c2c1)C(c1ccc(C(C)(C)C)cc1)N(CCc1ccccc1)C3=O. The van der Waals surface area contributed by atoms with Crippen LogP contribution in [0.2, 0.25) is 0 Å². The largest absolute Gasteiger partial charge is 0.450 e. The highest BCUT2D eigenvalue weighted by Crippen LogP contribution is 2.39. The third kappa shape index (κ3) is 3.83. The lowest BCUT2D eigenvalue weighted by atomic mass is 9.86. The Morgan fingerprint density at radius 2 is 1.62 bits per heavy atom. The Bertz CT molecular complexity index is 1430. The molecule has 4 nitrogen and oxygen atoms in total. The topological polar surface area (TPSA) is 50.5 Å². The average molecular weight is 452 g/mol. The van der Waals surface area contributed by atoms with Gasteiger partial charge in [0.1, 0.15) is 5.58 Å². The van der Waals surface area contributed by atoms with Crippen LogP contribution < -0.4 is 5.43 Å². The lowest BCUT2D eigenvalue weighted by molar-refractivity contribution is 0.0730. The first-order valence-corrected chi connectivity index (χ1v) is 11.8. The first kappa shape index (κ1) is 22.1. The summed E-state index contributed by atoms with van der Waals surface area (Å²) in [6.45, 7) is 8.96. The molecule has 1 amide bonds. The van der Waals surface area contributed by atoms with Gasteiger partial charge in [0.15, 0.2) is 5.43 Å². The van der Waals surface area contributed by atoms with Crippen molar-refractivity contribution < 1.29 is 9.21 Å². The zero-order valence-electron chi connectivity index (χ0n) is 20.1. The maximum atomic E-state index is 13.7. The maximum absolute atomic E-state index is 13.7. The molecule has 0 N–H and O–H groups in total. The molecule has 0 saturated heterocycles. The van der Waals surface area contributed by atoms with Crippen LogP contribution in [0.5, 0.6) is 0 Å². The summed E-state index contributed by atoms with van der Waals surface area (Å²) in [4.78, 5) is 29.1. The standard InChI is InChI=1S/C30H29NO3/c1-19-10-15-24-23(18-19)27(32)25-26(21-11-13-22(14-12-21)30(2,3)4)31(29(33)28(25)34-24)17-16-20-8-6-5-7-9-20/h5-15,18,26H,16-17H2,1-4H3. The van der Waals surface area contributed by atoms with Crippen molar-refractivity contribution in [2.75, 3.05) is 6.54 Å². The highest BCUT2D eigenvalue weighted by Gasteiger charge is 2.42. The van der Waals surface area contributed by atoms with Crippen LogP contribution in [0.4, 0.5) is 0 Å². The van der Waals surface area contributed by atoms with E-state index in [1.54, 1.807) is 11.0 Å². The third-order valence-electron chi connectivity index (χ3n) is 6.70. The molecule has 1 aliphatic rings. The van der Waals surface area contributed by atoms with Crippen LogP contribution in [-0.4, -0.2) is 17.4 Å². The van der Waals surface area contributed by atoms with Gasteiger partial charge >= 0.3 is 0 Å². The van der Waals surface area contributed by atoms with Crippen molar-refractivity contribution in [1.29, 1.82) is 0 Å². The van der Waals surface area contributed by atoms with E-state index in [9.17, 15) is 9.59 Å². The van der Waals surface area contributed by atoms with Gasteiger partial charge in [0.25, 0.3) is 5.91 Å². The van der Waals surface area contributed by atoms with E-state index in [0.29, 0.717) is 29.5 Å². The van der Waals surface area contributed by atoms with Gasteiger partial charge in [0.2, 0.25) is 5.76 Å². The van der Waals surface area contributed by atoms with Crippen molar-refractivity contribution in [1.82, 2.24) is 4.90 Å². The van der Waals surface area contributed by atoms with Gasteiger partial charge in [0.05, 0.1) is 17.0 Å². The molecule has 0 saturated carbocycles. The normalized spacial score (nSPS) is 15.7. The fourth-order valence-electron chi connectivity index (χ4n) is 4.77. The Balaban J connectivity index is 1.64. The van der Waals surface area contributed by atoms with E-state index in [0.717, 1.165) is 16.7 Å². The molecule has 0 spiro atoms. The fourth-order valence-corrected chi connectivity index (χ4v) is 4.77. The second-order valence-corrected chi connectivity index (χ2v) is 10.2. The highest BCUT2D eigenvalue weighted by molar-refractivity contribution is 5.99. The number of hydrogen-bond acceptors (Lipinski definition) is 3. The molecule has 0 aliphatic carbocycles. The molecule has 5 rings (SSSR count). The van der Waals surface area contributed by atoms with Gasteiger partial charge in [-0.25, -0.2) is 0 Å². The van der Waals surface area contributed by atoms with Crippen molar-refractivity contribution >= 4 is 16.9 Å². The smallest absolute Gasteiger partial charge is 0.290 e. The van der Waals surface area contributed by atoms with Gasteiger partial charge < -0.3 is 9.32 Å². The molecular formula is C30H29NO3. The number of rotatable bonds is 4. The highest BCUT2D eigenvalue weighted by atomic mass is 16.3. The summed E-state index contributed by atoms with van der Waals surface area (Å²) in [6.07, 6.45) is 0.698. The quantitative estimate of drug-likeness (QED) is 0.372. The average Bonchev–Trinajstić information content (AvgIpc) is 3.10. The van der Waals surface area contributed by atoms with E-state index in [4.69, 9.17) is 4.42 Å². The van der Waals surface area contributed by atoms with Gasteiger partial charge in [-0.15, -0.1) is 0 Å². The predicted molar refractivity (Wildman–Crippen MR) is 135 cm³/mol. The van der Waals surface area contributed by atoms with Crippen LogP contribution in [0.3, 0.4) is 0 Å². The summed E-state index contributed by atoms with van der Waals surface area (Å²) in [5.74, 6) is -0.0604. The summed E-state index contributed by atoms with van der Waals surface area (Å²) in [6, 6.07) is 23.4. The Morgan fingerprint density at radius 3 is 2.29 bits per heavy atom. The third-order valence-corrected chi connectivity index (χ3v) is 6.70. The molecule has 0 bridgehead atoms. The molecule has 34 heavy (non-hydrogen) atoms. The number of benzene rings is 3. The fraction of sp³-hybridized carbons (Fsp3) is 0.267. The van der Waals surface area contributed by atoms with Crippen LogP contribution in [0.15, 0.2) is 82.0 Å². The molecule has 4 aromatic rings. The van der Waals surface area contributed by atoms with Crippen molar-refractivity contribution in [2.24, 2.45) is 0 Å². The second kappa shape index (κ2) is 8.28. The monoisotopic (exact) mass is 451 g/mol. The Kier molecular flexibility index (Phi) is 5.40. The summed E-state index contributed by atoms with van der Waals surface area (Å²) in [5, 5.41) is 0.521. The van der Waals surface area contributed by atoms with Crippen LogP contribution in [0.25, 0.3) is 11.0 Å². The number of fused-ring (bicyclic) bond motifs is 2. The van der Waals surface area contributed by atoms with Gasteiger partial charge in [-0.05, 0) is 47.6 Å². The lowest BCUT2D eigenvalue weighted by Crippen LogP contribution is -2.31. The van der Waals surface area contributed by atoms with Crippen molar-refractivity contribution in [3.8, 4) is 0 Å². The van der Waals surface area contributed by atoms with Gasteiger partial charge in [-0.3, -0.25) is 9.59 Å². The Hall–Kier alpha value is -3.66. The number of amides is 1. The predicted octanol–water partition coefficient (Wildman–Crippen LogP) is 6.19. The van der Waals surface area contributed by atoms with E-state index in [-0.39, 0.29) is 22.5 Å². The van der Waals surface area contributed by atoms with Crippen LogP contribution >= 0.6 is 0 Å². The number of nitrogens with zero attached hydrogens (tertiary/aromatic N) is 1. The molecular weight excluding hydrogens is 422 g/mol. The summed E-state index contributed by atoms with van der Waals surface area (Å²) in [7, 11) is 0. The van der Waals surface area contributed by atoms with Crippen LogP contribution in [0, 0.1) is 6.92 Å². The van der Waals surface area contributed by atoms with E-state index < -0.39 is 6.04 Å². The zero-order chi connectivity index (χ0) is 24.0. The Labute approximate surface area is 199 Å².